The summed E-state index contributed by atoms with van der Waals surface area (Å²) in [5.41, 5.74) is 3.65. The summed E-state index contributed by atoms with van der Waals surface area (Å²) in [4.78, 5) is 0. The van der Waals surface area contributed by atoms with Gasteiger partial charge >= 0.3 is 0 Å². The Labute approximate surface area is 109 Å². The fourth-order valence-corrected chi connectivity index (χ4v) is 1.64. The molecule has 1 nitrogen and oxygen atoms in total. The van der Waals surface area contributed by atoms with Gasteiger partial charge in [-0.15, -0.1) is 0 Å². The van der Waals surface area contributed by atoms with Crippen LogP contribution in [0.4, 0.5) is 0 Å². The van der Waals surface area contributed by atoms with Gasteiger partial charge < -0.3 is 5.32 Å². The van der Waals surface area contributed by atoms with Gasteiger partial charge in [0.2, 0.25) is 0 Å². The smallest absolute Gasteiger partial charge is 0.0582 e. The quantitative estimate of drug-likeness (QED) is 0.636. The van der Waals surface area contributed by atoms with E-state index < -0.39 is 0 Å². The summed E-state index contributed by atoms with van der Waals surface area (Å²) < 4.78 is 0. The lowest BCUT2D eigenvalue weighted by Crippen LogP contribution is -2.13. The Bertz CT molecular complexity index is 529. The molecule has 0 amide bonds. The molecule has 0 atom stereocenters. The van der Waals surface area contributed by atoms with Gasteiger partial charge in [0, 0.05) is 12.1 Å². The van der Waals surface area contributed by atoms with Crippen LogP contribution in [0.3, 0.4) is 0 Å². The summed E-state index contributed by atoms with van der Waals surface area (Å²) in [5.74, 6) is 6.25. The Balaban J connectivity index is 1.77. The Morgan fingerprint density at radius 1 is 0.944 bits per heavy atom. The van der Waals surface area contributed by atoms with Gasteiger partial charge in [0.05, 0.1) is 6.54 Å². The summed E-state index contributed by atoms with van der Waals surface area (Å²) in [6, 6.07) is 18.6. The van der Waals surface area contributed by atoms with Crippen LogP contribution in [0, 0.1) is 18.8 Å². The maximum atomic E-state index is 3.32. The Hall–Kier alpha value is -2.04. The van der Waals surface area contributed by atoms with E-state index in [1.807, 2.05) is 30.3 Å². The Morgan fingerprint density at radius 3 is 2.39 bits per heavy atom. The van der Waals surface area contributed by atoms with E-state index in [9.17, 15) is 0 Å². The van der Waals surface area contributed by atoms with Crippen LogP contribution in [0.25, 0.3) is 0 Å². The number of nitrogens with one attached hydrogen (secondary N) is 1. The molecular formula is C17H17N. The van der Waals surface area contributed by atoms with Gasteiger partial charge in [-0.1, -0.05) is 59.9 Å². The molecule has 1 N–H and O–H groups in total. The van der Waals surface area contributed by atoms with Crippen molar-refractivity contribution in [3.8, 4) is 11.8 Å². The van der Waals surface area contributed by atoms with Gasteiger partial charge in [-0.25, -0.2) is 0 Å². The van der Waals surface area contributed by atoms with Crippen molar-refractivity contribution in [2.24, 2.45) is 0 Å². The summed E-state index contributed by atoms with van der Waals surface area (Å²) in [5, 5.41) is 3.32. The number of benzene rings is 2. The first-order valence-electron chi connectivity index (χ1n) is 6.15. The fraction of sp³-hybridized carbons (Fsp3) is 0.176. The van der Waals surface area contributed by atoms with Gasteiger partial charge in [0.25, 0.3) is 0 Å². The molecule has 18 heavy (non-hydrogen) atoms. The summed E-state index contributed by atoms with van der Waals surface area (Å²) in [6.07, 6.45) is 0. The maximum absolute atomic E-state index is 3.32. The zero-order valence-electron chi connectivity index (χ0n) is 10.6. The molecule has 0 aromatic heterocycles. The standard InChI is InChI=1S/C17H17N/c1-15-9-11-17(12-10-15)14-18-13-5-8-16-6-3-2-4-7-16/h2-4,6-7,9-12,18H,13-14H2,1H3. The van der Waals surface area contributed by atoms with Gasteiger partial charge in [-0.05, 0) is 24.6 Å². The molecule has 0 aliphatic heterocycles. The summed E-state index contributed by atoms with van der Waals surface area (Å²) in [7, 11) is 0. The lowest BCUT2D eigenvalue weighted by molar-refractivity contribution is 0.770. The Kier molecular flexibility index (Phi) is 4.58. The molecule has 0 saturated heterocycles. The van der Waals surface area contributed by atoms with Crippen LogP contribution in [0.2, 0.25) is 0 Å². The molecule has 0 aliphatic rings. The molecule has 0 unspecified atom stereocenters. The molecule has 1 heteroatoms. The molecule has 90 valence electrons. The average Bonchev–Trinajstić information content (AvgIpc) is 2.42. The lowest BCUT2D eigenvalue weighted by atomic mass is 10.1. The van der Waals surface area contributed by atoms with Crippen LogP contribution in [-0.4, -0.2) is 6.54 Å². The molecule has 0 saturated carbocycles. The monoisotopic (exact) mass is 235 g/mol. The van der Waals surface area contributed by atoms with E-state index in [-0.39, 0.29) is 0 Å². The van der Waals surface area contributed by atoms with E-state index in [0.29, 0.717) is 6.54 Å². The van der Waals surface area contributed by atoms with Crippen molar-refractivity contribution in [2.75, 3.05) is 6.54 Å². The van der Waals surface area contributed by atoms with Crippen molar-refractivity contribution >= 4 is 0 Å². The van der Waals surface area contributed by atoms with Crippen LogP contribution in [0.15, 0.2) is 54.6 Å². The van der Waals surface area contributed by atoms with Gasteiger partial charge in [-0.2, -0.15) is 0 Å². The zero-order valence-corrected chi connectivity index (χ0v) is 10.6. The average molecular weight is 235 g/mol. The third-order valence-corrected chi connectivity index (χ3v) is 2.67. The van der Waals surface area contributed by atoms with Crippen LogP contribution in [0.5, 0.6) is 0 Å². The second-order valence-electron chi connectivity index (χ2n) is 4.26. The molecule has 2 aromatic rings. The van der Waals surface area contributed by atoms with Crippen molar-refractivity contribution in [2.45, 2.75) is 13.5 Å². The zero-order chi connectivity index (χ0) is 12.6. The molecule has 0 fully saturated rings. The van der Waals surface area contributed by atoms with Crippen molar-refractivity contribution < 1.29 is 0 Å². The minimum absolute atomic E-state index is 0.711. The molecule has 0 bridgehead atoms. The van der Waals surface area contributed by atoms with Crippen molar-refractivity contribution in [1.29, 1.82) is 0 Å². The summed E-state index contributed by atoms with van der Waals surface area (Å²) >= 11 is 0. The normalized spacial score (nSPS) is 9.61. The van der Waals surface area contributed by atoms with E-state index in [4.69, 9.17) is 0 Å². The molecule has 2 rings (SSSR count). The predicted molar refractivity (Wildman–Crippen MR) is 76.2 cm³/mol. The number of rotatable bonds is 3. The lowest BCUT2D eigenvalue weighted by Gasteiger charge is -2.01. The largest absolute Gasteiger partial charge is 0.302 e. The van der Waals surface area contributed by atoms with Crippen LogP contribution in [0.1, 0.15) is 16.7 Å². The highest BCUT2D eigenvalue weighted by molar-refractivity contribution is 5.33. The fourth-order valence-electron chi connectivity index (χ4n) is 1.64. The number of hydrogen-bond donors (Lipinski definition) is 1. The first-order chi connectivity index (χ1) is 8.84. The Morgan fingerprint density at radius 2 is 1.67 bits per heavy atom. The highest BCUT2D eigenvalue weighted by Gasteiger charge is 1.90. The van der Waals surface area contributed by atoms with Crippen LogP contribution < -0.4 is 5.32 Å². The van der Waals surface area contributed by atoms with Gasteiger partial charge in [0.15, 0.2) is 0 Å². The van der Waals surface area contributed by atoms with Crippen molar-refractivity contribution in [3.63, 3.8) is 0 Å². The van der Waals surface area contributed by atoms with Gasteiger partial charge in [-0.3, -0.25) is 0 Å². The third kappa shape index (κ3) is 4.08. The van der Waals surface area contributed by atoms with E-state index in [2.05, 4.69) is 48.3 Å². The summed E-state index contributed by atoms with van der Waals surface area (Å²) in [6.45, 7) is 3.68. The molecule has 0 aliphatic carbocycles. The third-order valence-electron chi connectivity index (χ3n) is 2.67. The van der Waals surface area contributed by atoms with Crippen molar-refractivity contribution in [3.05, 3.63) is 71.3 Å². The molecular weight excluding hydrogens is 218 g/mol. The maximum Gasteiger partial charge on any atom is 0.0582 e. The minimum atomic E-state index is 0.711. The molecule has 0 radical (unpaired) electrons. The molecule has 0 heterocycles. The van der Waals surface area contributed by atoms with Gasteiger partial charge in [0.1, 0.15) is 0 Å². The second-order valence-corrected chi connectivity index (χ2v) is 4.26. The molecule has 0 spiro atoms. The highest BCUT2D eigenvalue weighted by Crippen LogP contribution is 2.02. The first kappa shape index (κ1) is 12.4. The van der Waals surface area contributed by atoms with E-state index in [1.165, 1.54) is 11.1 Å². The highest BCUT2D eigenvalue weighted by atomic mass is 14.8. The van der Waals surface area contributed by atoms with Crippen LogP contribution >= 0.6 is 0 Å². The topological polar surface area (TPSA) is 12.0 Å². The second kappa shape index (κ2) is 6.64. The predicted octanol–water partition coefficient (Wildman–Crippen LogP) is 3.14. The van der Waals surface area contributed by atoms with E-state index >= 15 is 0 Å². The van der Waals surface area contributed by atoms with E-state index in [0.717, 1.165) is 12.1 Å². The van der Waals surface area contributed by atoms with E-state index in [1.54, 1.807) is 0 Å². The minimum Gasteiger partial charge on any atom is -0.302 e. The number of aryl methyl sites for hydroxylation is 1. The molecule has 2 aromatic carbocycles. The SMILES string of the molecule is Cc1ccc(CNCC#Cc2ccccc2)cc1. The van der Waals surface area contributed by atoms with Crippen LogP contribution in [-0.2, 0) is 6.54 Å². The number of hydrogen-bond acceptors (Lipinski definition) is 1. The first-order valence-corrected chi connectivity index (χ1v) is 6.15. The van der Waals surface area contributed by atoms with Crippen molar-refractivity contribution in [1.82, 2.24) is 5.32 Å².